The van der Waals surface area contributed by atoms with Crippen LogP contribution in [0.2, 0.25) is 0 Å². The summed E-state index contributed by atoms with van der Waals surface area (Å²) in [5, 5.41) is 10.1. The fourth-order valence-electron chi connectivity index (χ4n) is 2.89. The van der Waals surface area contributed by atoms with E-state index in [4.69, 9.17) is 0 Å². The van der Waals surface area contributed by atoms with Crippen LogP contribution in [-0.2, 0) is 11.2 Å². The third kappa shape index (κ3) is 4.24. The fourth-order valence-corrected chi connectivity index (χ4v) is 3.62. The van der Waals surface area contributed by atoms with Crippen molar-refractivity contribution in [1.82, 2.24) is 25.1 Å². The second-order valence-electron chi connectivity index (χ2n) is 6.61. The zero-order valence-electron chi connectivity index (χ0n) is 15.9. The maximum absolute atomic E-state index is 12.5. The SMILES string of the molecule is CCc1ccc(-c2nc(S[C@@H](C)C(=O)Nc3ccc4[nH]c(=O)[nH]c4c3)n[nH]2)cc1. The van der Waals surface area contributed by atoms with E-state index in [0.717, 1.165) is 12.0 Å². The number of thioether (sulfide) groups is 1. The molecule has 0 aliphatic rings. The van der Waals surface area contributed by atoms with Crippen molar-refractivity contribution >= 4 is 34.4 Å². The van der Waals surface area contributed by atoms with Crippen molar-refractivity contribution in [2.24, 2.45) is 0 Å². The Morgan fingerprint density at radius 2 is 1.90 bits per heavy atom. The molecule has 8 nitrogen and oxygen atoms in total. The molecule has 0 unspecified atom stereocenters. The Kier molecular flexibility index (Phi) is 5.22. The number of hydrogen-bond acceptors (Lipinski definition) is 5. The van der Waals surface area contributed by atoms with Gasteiger partial charge in [0.05, 0.1) is 16.3 Å². The van der Waals surface area contributed by atoms with Crippen LogP contribution in [0.1, 0.15) is 19.4 Å². The minimum absolute atomic E-state index is 0.175. The summed E-state index contributed by atoms with van der Waals surface area (Å²) in [6.45, 7) is 3.91. The van der Waals surface area contributed by atoms with Gasteiger partial charge in [-0.1, -0.05) is 43.0 Å². The number of carbonyl (C=O) groups excluding carboxylic acids is 1. The van der Waals surface area contributed by atoms with Crippen LogP contribution < -0.4 is 11.0 Å². The first-order chi connectivity index (χ1) is 14.0. The number of hydrogen-bond donors (Lipinski definition) is 4. The summed E-state index contributed by atoms with van der Waals surface area (Å²) in [5.41, 5.74) is 3.87. The molecule has 0 saturated carbocycles. The van der Waals surface area contributed by atoms with Crippen molar-refractivity contribution in [3.05, 3.63) is 58.5 Å². The molecule has 2 heterocycles. The number of nitrogens with one attached hydrogen (secondary N) is 4. The van der Waals surface area contributed by atoms with Gasteiger partial charge in [-0.2, -0.15) is 0 Å². The van der Waals surface area contributed by atoms with Crippen LogP contribution in [-0.4, -0.2) is 36.3 Å². The zero-order valence-corrected chi connectivity index (χ0v) is 16.8. The molecule has 1 atom stereocenters. The minimum Gasteiger partial charge on any atom is -0.325 e. The van der Waals surface area contributed by atoms with E-state index in [1.807, 2.05) is 12.1 Å². The van der Waals surface area contributed by atoms with Gasteiger partial charge in [0.2, 0.25) is 11.1 Å². The van der Waals surface area contributed by atoms with E-state index >= 15 is 0 Å². The summed E-state index contributed by atoms with van der Waals surface area (Å²) < 4.78 is 0. The number of carbonyl (C=O) groups is 1. The van der Waals surface area contributed by atoms with E-state index in [9.17, 15) is 9.59 Å². The molecule has 4 N–H and O–H groups in total. The topological polar surface area (TPSA) is 119 Å². The Bertz CT molecular complexity index is 1210. The normalized spacial score (nSPS) is 12.2. The molecule has 0 bridgehead atoms. The number of benzene rings is 2. The zero-order chi connectivity index (χ0) is 20.4. The summed E-state index contributed by atoms with van der Waals surface area (Å²) in [7, 11) is 0. The number of fused-ring (bicyclic) bond motifs is 1. The first-order valence-electron chi connectivity index (χ1n) is 9.23. The highest BCUT2D eigenvalue weighted by atomic mass is 32.2. The van der Waals surface area contributed by atoms with Gasteiger partial charge in [-0.15, -0.1) is 5.10 Å². The number of H-pyrrole nitrogens is 3. The van der Waals surface area contributed by atoms with E-state index in [-0.39, 0.29) is 11.6 Å². The largest absolute Gasteiger partial charge is 0.325 e. The second kappa shape index (κ2) is 7.96. The maximum atomic E-state index is 12.5. The number of aromatic nitrogens is 5. The van der Waals surface area contributed by atoms with Crippen molar-refractivity contribution in [2.75, 3.05) is 5.32 Å². The lowest BCUT2D eigenvalue weighted by atomic mass is 10.1. The Morgan fingerprint density at radius 3 is 2.66 bits per heavy atom. The number of rotatable bonds is 6. The number of imidazole rings is 1. The molecule has 0 fully saturated rings. The molecule has 1 amide bonds. The predicted molar refractivity (Wildman–Crippen MR) is 114 cm³/mol. The highest BCUT2D eigenvalue weighted by Gasteiger charge is 2.18. The van der Waals surface area contributed by atoms with Crippen molar-refractivity contribution < 1.29 is 4.79 Å². The average Bonchev–Trinajstić information content (AvgIpc) is 3.33. The molecule has 0 aliphatic carbocycles. The van der Waals surface area contributed by atoms with Crippen LogP contribution in [0.15, 0.2) is 52.4 Å². The van der Waals surface area contributed by atoms with Crippen molar-refractivity contribution in [3.8, 4) is 11.4 Å². The van der Waals surface area contributed by atoms with Crippen molar-refractivity contribution in [1.29, 1.82) is 0 Å². The lowest BCUT2D eigenvalue weighted by Crippen LogP contribution is -2.22. The molecule has 148 valence electrons. The molecule has 4 rings (SSSR count). The average molecular weight is 408 g/mol. The number of anilines is 1. The van der Waals surface area contributed by atoms with E-state index < -0.39 is 5.25 Å². The number of aryl methyl sites for hydroxylation is 1. The molecule has 2 aromatic heterocycles. The highest BCUT2D eigenvalue weighted by Crippen LogP contribution is 2.24. The van der Waals surface area contributed by atoms with Gasteiger partial charge < -0.3 is 15.3 Å². The van der Waals surface area contributed by atoms with Gasteiger partial charge in [0.1, 0.15) is 0 Å². The van der Waals surface area contributed by atoms with Crippen LogP contribution in [0, 0.1) is 0 Å². The summed E-state index contributed by atoms with van der Waals surface area (Å²) in [4.78, 5) is 33.7. The second-order valence-corrected chi connectivity index (χ2v) is 7.91. The van der Waals surface area contributed by atoms with Gasteiger partial charge in [-0.05, 0) is 37.1 Å². The molecule has 0 spiro atoms. The first-order valence-corrected chi connectivity index (χ1v) is 10.1. The van der Waals surface area contributed by atoms with E-state index in [1.165, 1.54) is 17.3 Å². The first kappa shape index (κ1) is 19.0. The Hall–Kier alpha value is -3.33. The predicted octanol–water partition coefficient (Wildman–Crippen LogP) is 3.32. The Labute approximate surface area is 170 Å². The molecule has 0 aliphatic heterocycles. The monoisotopic (exact) mass is 408 g/mol. The number of amides is 1. The number of nitrogens with zero attached hydrogens (tertiary/aromatic N) is 2. The van der Waals surface area contributed by atoms with Gasteiger partial charge in [0.25, 0.3) is 0 Å². The molecular weight excluding hydrogens is 388 g/mol. The lowest BCUT2D eigenvalue weighted by Gasteiger charge is -2.10. The van der Waals surface area contributed by atoms with E-state index in [0.29, 0.717) is 27.7 Å². The van der Waals surface area contributed by atoms with Gasteiger partial charge in [-0.25, -0.2) is 9.78 Å². The lowest BCUT2D eigenvalue weighted by molar-refractivity contribution is -0.115. The van der Waals surface area contributed by atoms with Crippen LogP contribution >= 0.6 is 11.8 Å². The third-order valence-corrected chi connectivity index (χ3v) is 5.50. The summed E-state index contributed by atoms with van der Waals surface area (Å²) >= 11 is 1.27. The molecule has 0 saturated heterocycles. The van der Waals surface area contributed by atoms with Crippen LogP contribution in [0.4, 0.5) is 5.69 Å². The van der Waals surface area contributed by atoms with E-state index in [1.54, 1.807) is 25.1 Å². The van der Waals surface area contributed by atoms with Crippen LogP contribution in [0.25, 0.3) is 22.4 Å². The number of aromatic amines is 3. The Balaban J connectivity index is 1.41. The van der Waals surface area contributed by atoms with Crippen LogP contribution in [0.3, 0.4) is 0 Å². The van der Waals surface area contributed by atoms with Gasteiger partial charge >= 0.3 is 5.69 Å². The summed E-state index contributed by atoms with van der Waals surface area (Å²) in [6, 6.07) is 13.3. The molecule has 0 radical (unpaired) electrons. The van der Waals surface area contributed by atoms with Crippen molar-refractivity contribution in [2.45, 2.75) is 30.7 Å². The van der Waals surface area contributed by atoms with Gasteiger partial charge in [0.15, 0.2) is 5.82 Å². The summed E-state index contributed by atoms with van der Waals surface area (Å²) in [6.07, 6.45) is 0.984. The molecule has 4 aromatic rings. The maximum Gasteiger partial charge on any atom is 0.323 e. The van der Waals surface area contributed by atoms with Crippen molar-refractivity contribution in [3.63, 3.8) is 0 Å². The van der Waals surface area contributed by atoms with Crippen LogP contribution in [0.5, 0.6) is 0 Å². The summed E-state index contributed by atoms with van der Waals surface area (Å²) in [5.74, 6) is 0.496. The molecule has 9 heteroatoms. The highest BCUT2D eigenvalue weighted by molar-refractivity contribution is 8.00. The van der Waals surface area contributed by atoms with E-state index in [2.05, 4.69) is 49.5 Å². The fraction of sp³-hybridized carbons (Fsp3) is 0.200. The molecule has 2 aromatic carbocycles. The standard InChI is InChI=1S/C20H20N6O2S/c1-3-12-4-6-13(7-5-12)17-24-20(26-25-17)29-11(2)18(27)21-14-8-9-15-16(10-14)23-19(28)22-15/h4-11H,3H2,1-2H3,(H,21,27)(H2,22,23,28)(H,24,25,26)/t11-/m0/s1. The molecular formula is C20H20N6O2S. The van der Waals surface area contributed by atoms with Gasteiger partial charge in [0, 0.05) is 11.3 Å². The smallest absolute Gasteiger partial charge is 0.323 e. The Morgan fingerprint density at radius 1 is 1.14 bits per heavy atom. The third-order valence-electron chi connectivity index (χ3n) is 4.54. The minimum atomic E-state index is -0.401. The molecule has 29 heavy (non-hydrogen) atoms. The quantitative estimate of drug-likeness (QED) is 0.365. The van der Waals surface area contributed by atoms with Gasteiger partial charge in [-0.3, -0.25) is 9.89 Å².